The fourth-order valence-corrected chi connectivity index (χ4v) is 1.40. The standard InChI is InChI=1S/C10H13BO3/c1-7-9(11(12)13)3-2-4-10(7)14-8-5-6-8/h2-4,8,12-13H,5-6H2,1H3. The number of hydrogen-bond acceptors (Lipinski definition) is 3. The average molecular weight is 192 g/mol. The summed E-state index contributed by atoms with van der Waals surface area (Å²) in [5.41, 5.74) is 1.33. The molecule has 1 aromatic rings. The van der Waals surface area contributed by atoms with Crippen molar-refractivity contribution < 1.29 is 14.8 Å². The van der Waals surface area contributed by atoms with Gasteiger partial charge in [-0.05, 0) is 36.9 Å². The Balaban J connectivity index is 2.25. The van der Waals surface area contributed by atoms with E-state index in [4.69, 9.17) is 14.8 Å². The third-order valence-electron chi connectivity index (χ3n) is 2.42. The highest BCUT2D eigenvalue weighted by Crippen LogP contribution is 2.28. The van der Waals surface area contributed by atoms with Gasteiger partial charge in [-0.2, -0.15) is 0 Å². The summed E-state index contributed by atoms with van der Waals surface area (Å²) in [6, 6.07) is 5.33. The second-order valence-electron chi connectivity index (χ2n) is 3.66. The number of ether oxygens (including phenoxy) is 1. The maximum atomic E-state index is 9.08. The Morgan fingerprint density at radius 1 is 1.36 bits per heavy atom. The molecule has 1 aromatic carbocycles. The first-order chi connectivity index (χ1) is 6.68. The van der Waals surface area contributed by atoms with Crippen molar-refractivity contribution in [3.63, 3.8) is 0 Å². The van der Waals surface area contributed by atoms with Gasteiger partial charge >= 0.3 is 7.12 Å². The van der Waals surface area contributed by atoms with Crippen LogP contribution in [0.4, 0.5) is 0 Å². The summed E-state index contributed by atoms with van der Waals surface area (Å²) in [5, 5.41) is 18.2. The molecule has 1 fully saturated rings. The highest BCUT2D eigenvalue weighted by Gasteiger charge is 2.25. The molecule has 0 saturated heterocycles. The maximum absolute atomic E-state index is 9.08. The van der Waals surface area contributed by atoms with Gasteiger partial charge in [0.05, 0.1) is 6.10 Å². The van der Waals surface area contributed by atoms with Crippen LogP contribution in [0, 0.1) is 6.92 Å². The Hall–Kier alpha value is -0.995. The highest BCUT2D eigenvalue weighted by atomic mass is 16.5. The zero-order valence-electron chi connectivity index (χ0n) is 8.10. The van der Waals surface area contributed by atoms with Crippen LogP contribution in [0.5, 0.6) is 5.75 Å². The van der Waals surface area contributed by atoms with Gasteiger partial charge in [0.15, 0.2) is 0 Å². The molecule has 0 spiro atoms. The van der Waals surface area contributed by atoms with Crippen molar-refractivity contribution in [3.8, 4) is 5.75 Å². The molecule has 0 aromatic heterocycles. The van der Waals surface area contributed by atoms with Gasteiger partial charge < -0.3 is 14.8 Å². The van der Waals surface area contributed by atoms with Crippen LogP contribution in [0.15, 0.2) is 18.2 Å². The quantitative estimate of drug-likeness (QED) is 0.673. The van der Waals surface area contributed by atoms with Crippen molar-refractivity contribution in [3.05, 3.63) is 23.8 Å². The molecule has 0 unspecified atom stereocenters. The first-order valence-electron chi connectivity index (χ1n) is 4.81. The van der Waals surface area contributed by atoms with Gasteiger partial charge in [-0.1, -0.05) is 12.1 Å². The van der Waals surface area contributed by atoms with Crippen molar-refractivity contribution in [2.45, 2.75) is 25.9 Å². The molecule has 3 nitrogen and oxygen atoms in total. The highest BCUT2D eigenvalue weighted by molar-refractivity contribution is 6.59. The van der Waals surface area contributed by atoms with Crippen molar-refractivity contribution in [1.82, 2.24) is 0 Å². The van der Waals surface area contributed by atoms with E-state index >= 15 is 0 Å². The van der Waals surface area contributed by atoms with Crippen LogP contribution in [0.25, 0.3) is 0 Å². The van der Waals surface area contributed by atoms with Crippen molar-refractivity contribution in [2.24, 2.45) is 0 Å². The Kier molecular flexibility index (Phi) is 2.48. The minimum absolute atomic E-state index is 0.333. The van der Waals surface area contributed by atoms with E-state index in [1.165, 1.54) is 0 Å². The van der Waals surface area contributed by atoms with Crippen LogP contribution in [0.2, 0.25) is 0 Å². The Morgan fingerprint density at radius 2 is 2.07 bits per heavy atom. The van der Waals surface area contributed by atoms with Crippen molar-refractivity contribution in [2.75, 3.05) is 0 Å². The molecule has 74 valence electrons. The molecule has 2 rings (SSSR count). The number of hydrogen-bond donors (Lipinski definition) is 2. The van der Waals surface area contributed by atoms with Gasteiger partial charge in [-0.15, -0.1) is 0 Å². The first kappa shape index (κ1) is 9.56. The van der Waals surface area contributed by atoms with E-state index in [0.717, 1.165) is 24.2 Å². The fourth-order valence-electron chi connectivity index (χ4n) is 1.40. The largest absolute Gasteiger partial charge is 0.490 e. The van der Waals surface area contributed by atoms with Gasteiger partial charge in [0.1, 0.15) is 5.75 Å². The second-order valence-corrected chi connectivity index (χ2v) is 3.66. The van der Waals surface area contributed by atoms with Crippen LogP contribution >= 0.6 is 0 Å². The molecule has 1 aliphatic rings. The zero-order valence-corrected chi connectivity index (χ0v) is 8.10. The molecule has 4 heteroatoms. The lowest BCUT2D eigenvalue weighted by molar-refractivity contribution is 0.301. The van der Waals surface area contributed by atoms with E-state index < -0.39 is 7.12 Å². The normalized spacial score (nSPS) is 15.4. The molecule has 0 atom stereocenters. The second kappa shape index (κ2) is 3.63. The molecule has 0 heterocycles. The Morgan fingerprint density at radius 3 is 2.64 bits per heavy atom. The van der Waals surface area contributed by atoms with Crippen LogP contribution < -0.4 is 10.2 Å². The summed E-state index contributed by atoms with van der Waals surface area (Å²) in [6.07, 6.45) is 2.54. The number of rotatable bonds is 3. The van der Waals surface area contributed by atoms with Gasteiger partial charge in [0.25, 0.3) is 0 Å². The summed E-state index contributed by atoms with van der Waals surface area (Å²) < 4.78 is 5.62. The van der Waals surface area contributed by atoms with Crippen LogP contribution in [-0.2, 0) is 0 Å². The predicted octanol–water partition coefficient (Wildman–Crippen LogP) is 0.216. The van der Waals surface area contributed by atoms with Crippen LogP contribution in [-0.4, -0.2) is 23.3 Å². The lowest BCUT2D eigenvalue weighted by Gasteiger charge is -2.11. The SMILES string of the molecule is Cc1c(OC2CC2)cccc1B(O)O. The summed E-state index contributed by atoms with van der Waals surface area (Å²) in [6.45, 7) is 1.84. The lowest BCUT2D eigenvalue weighted by Crippen LogP contribution is -2.32. The molecule has 1 saturated carbocycles. The summed E-state index contributed by atoms with van der Waals surface area (Å²) in [7, 11) is -1.42. The average Bonchev–Trinajstić information content (AvgIpc) is 2.92. The smallest absolute Gasteiger partial charge is 0.488 e. The van der Waals surface area contributed by atoms with Gasteiger partial charge in [-0.3, -0.25) is 0 Å². The Bertz CT molecular complexity index is 334. The van der Waals surface area contributed by atoms with Gasteiger partial charge in [0.2, 0.25) is 0 Å². The molecule has 14 heavy (non-hydrogen) atoms. The zero-order chi connectivity index (χ0) is 10.1. The lowest BCUT2D eigenvalue weighted by atomic mass is 9.77. The molecule has 0 radical (unpaired) electrons. The van der Waals surface area contributed by atoms with Gasteiger partial charge in [-0.25, -0.2) is 0 Å². The summed E-state index contributed by atoms with van der Waals surface area (Å²) in [4.78, 5) is 0. The predicted molar refractivity (Wildman–Crippen MR) is 54.7 cm³/mol. The van der Waals surface area contributed by atoms with E-state index in [2.05, 4.69) is 0 Å². The van der Waals surface area contributed by atoms with Crippen molar-refractivity contribution in [1.29, 1.82) is 0 Å². The fraction of sp³-hybridized carbons (Fsp3) is 0.400. The molecule has 0 aliphatic heterocycles. The molecular weight excluding hydrogens is 179 g/mol. The van der Waals surface area contributed by atoms with E-state index in [0.29, 0.717) is 11.6 Å². The third kappa shape index (κ3) is 1.91. The molecule has 0 bridgehead atoms. The summed E-state index contributed by atoms with van der Waals surface area (Å²) >= 11 is 0. The molecule has 1 aliphatic carbocycles. The van der Waals surface area contributed by atoms with E-state index in [1.807, 2.05) is 13.0 Å². The van der Waals surface area contributed by atoms with Gasteiger partial charge in [0, 0.05) is 0 Å². The van der Waals surface area contributed by atoms with Crippen LogP contribution in [0.1, 0.15) is 18.4 Å². The molecular formula is C10H13BO3. The molecule has 2 N–H and O–H groups in total. The topological polar surface area (TPSA) is 49.7 Å². The monoisotopic (exact) mass is 192 g/mol. The number of benzene rings is 1. The van der Waals surface area contributed by atoms with Crippen molar-refractivity contribution >= 4 is 12.6 Å². The van der Waals surface area contributed by atoms with Crippen LogP contribution in [0.3, 0.4) is 0 Å². The van der Waals surface area contributed by atoms with E-state index in [9.17, 15) is 0 Å². The minimum Gasteiger partial charge on any atom is -0.490 e. The third-order valence-corrected chi connectivity index (χ3v) is 2.42. The van der Waals surface area contributed by atoms with E-state index in [1.54, 1.807) is 12.1 Å². The molecule has 0 amide bonds. The minimum atomic E-state index is -1.42. The van der Waals surface area contributed by atoms with E-state index in [-0.39, 0.29) is 0 Å². The summed E-state index contributed by atoms with van der Waals surface area (Å²) in [5.74, 6) is 0.762. The first-order valence-corrected chi connectivity index (χ1v) is 4.81. The maximum Gasteiger partial charge on any atom is 0.488 e. The Labute approximate surface area is 83.5 Å².